The van der Waals surface area contributed by atoms with E-state index in [9.17, 15) is 0 Å². The molecule has 0 spiro atoms. The van der Waals surface area contributed by atoms with E-state index < -0.39 is 0 Å². The Bertz CT molecular complexity index is 599. The number of fused-ring (bicyclic) bond motifs is 1. The van der Waals surface area contributed by atoms with Crippen molar-refractivity contribution in [1.29, 1.82) is 0 Å². The zero-order valence-electron chi connectivity index (χ0n) is 11.9. The van der Waals surface area contributed by atoms with E-state index in [-0.39, 0.29) is 5.41 Å². The predicted molar refractivity (Wildman–Crippen MR) is 76.3 cm³/mol. The second kappa shape index (κ2) is 4.24. The van der Waals surface area contributed by atoms with Crippen LogP contribution >= 0.6 is 11.3 Å². The van der Waals surface area contributed by atoms with Crippen molar-refractivity contribution in [1.82, 2.24) is 19.8 Å². The van der Waals surface area contributed by atoms with Gasteiger partial charge in [-0.1, -0.05) is 32.1 Å². The Morgan fingerprint density at radius 3 is 2.74 bits per heavy atom. The standard InChI is InChI=1S/C13H21N5S/c1-7-10(14)6-5-9(13(7,3)4)11-17-18-8(2)15-16-12(18)19-11/h7,9-10H,5-6,14H2,1-4H3. The van der Waals surface area contributed by atoms with Crippen molar-refractivity contribution in [3.8, 4) is 0 Å². The summed E-state index contributed by atoms with van der Waals surface area (Å²) in [4.78, 5) is 0.894. The summed E-state index contributed by atoms with van der Waals surface area (Å²) in [6.45, 7) is 8.84. The Hall–Kier alpha value is -1.01. The molecule has 0 bridgehead atoms. The first-order valence-corrected chi connectivity index (χ1v) is 7.67. The quantitative estimate of drug-likeness (QED) is 0.870. The average molecular weight is 279 g/mol. The Balaban J connectivity index is 2.00. The highest BCUT2D eigenvalue weighted by Gasteiger charge is 2.43. The zero-order valence-corrected chi connectivity index (χ0v) is 12.7. The molecule has 19 heavy (non-hydrogen) atoms. The van der Waals surface area contributed by atoms with Crippen LogP contribution in [-0.4, -0.2) is 25.9 Å². The number of nitrogens with zero attached hydrogens (tertiary/aromatic N) is 4. The lowest BCUT2D eigenvalue weighted by Crippen LogP contribution is -2.45. The van der Waals surface area contributed by atoms with Gasteiger partial charge in [-0.05, 0) is 31.1 Å². The molecule has 0 aromatic carbocycles. The van der Waals surface area contributed by atoms with Crippen LogP contribution in [0, 0.1) is 18.3 Å². The third-order valence-electron chi connectivity index (χ3n) is 4.96. The lowest BCUT2D eigenvalue weighted by molar-refractivity contribution is 0.0987. The van der Waals surface area contributed by atoms with Crippen molar-refractivity contribution in [3.63, 3.8) is 0 Å². The van der Waals surface area contributed by atoms with Gasteiger partial charge in [0.05, 0.1) is 0 Å². The SMILES string of the molecule is Cc1nnc2sc(C3CCC(N)C(C)C3(C)C)nn12. The van der Waals surface area contributed by atoms with Gasteiger partial charge in [-0.2, -0.15) is 9.61 Å². The zero-order chi connectivity index (χ0) is 13.8. The molecule has 0 amide bonds. The van der Waals surface area contributed by atoms with E-state index in [1.54, 1.807) is 11.3 Å². The smallest absolute Gasteiger partial charge is 0.234 e. The van der Waals surface area contributed by atoms with Crippen molar-refractivity contribution in [2.24, 2.45) is 17.1 Å². The molecule has 3 unspecified atom stereocenters. The van der Waals surface area contributed by atoms with Crippen LogP contribution in [-0.2, 0) is 0 Å². The van der Waals surface area contributed by atoms with Crippen molar-refractivity contribution in [2.45, 2.75) is 52.5 Å². The minimum absolute atomic E-state index is 0.175. The summed E-state index contributed by atoms with van der Waals surface area (Å²) < 4.78 is 1.86. The Labute approximate surface area is 117 Å². The molecule has 0 aliphatic heterocycles. The van der Waals surface area contributed by atoms with Gasteiger partial charge in [0.15, 0.2) is 5.82 Å². The fourth-order valence-electron chi connectivity index (χ4n) is 3.16. The number of rotatable bonds is 1. The number of aromatic nitrogens is 4. The highest BCUT2D eigenvalue weighted by molar-refractivity contribution is 7.16. The number of hydrogen-bond acceptors (Lipinski definition) is 5. The molecule has 2 aromatic heterocycles. The summed E-state index contributed by atoms with van der Waals surface area (Å²) in [6, 6.07) is 0.304. The molecule has 0 saturated heterocycles. The van der Waals surface area contributed by atoms with Crippen molar-refractivity contribution in [2.75, 3.05) is 0 Å². The van der Waals surface area contributed by atoms with Crippen LogP contribution in [0.1, 0.15) is 50.4 Å². The number of hydrogen-bond donors (Lipinski definition) is 1. The van der Waals surface area contributed by atoms with Crippen LogP contribution < -0.4 is 5.73 Å². The highest BCUT2D eigenvalue weighted by atomic mass is 32.1. The summed E-state index contributed by atoms with van der Waals surface area (Å²) in [7, 11) is 0. The second-order valence-corrected chi connectivity index (χ2v) is 7.27. The summed E-state index contributed by atoms with van der Waals surface area (Å²) >= 11 is 1.67. The van der Waals surface area contributed by atoms with Gasteiger partial charge in [0.25, 0.3) is 0 Å². The molecule has 1 fully saturated rings. The molecule has 2 aromatic rings. The lowest BCUT2D eigenvalue weighted by atomic mass is 9.61. The third-order valence-corrected chi connectivity index (χ3v) is 5.98. The molecular formula is C13H21N5S. The molecule has 6 heteroatoms. The van der Waals surface area contributed by atoms with Gasteiger partial charge >= 0.3 is 0 Å². The maximum Gasteiger partial charge on any atom is 0.234 e. The molecule has 1 saturated carbocycles. The van der Waals surface area contributed by atoms with Crippen molar-refractivity contribution >= 4 is 16.3 Å². The normalized spacial score (nSPS) is 30.9. The van der Waals surface area contributed by atoms with E-state index >= 15 is 0 Å². The van der Waals surface area contributed by atoms with Crippen molar-refractivity contribution in [3.05, 3.63) is 10.8 Å². The van der Waals surface area contributed by atoms with Crippen LogP contribution in [0.4, 0.5) is 0 Å². The molecule has 104 valence electrons. The Morgan fingerprint density at radius 2 is 2.05 bits per heavy atom. The number of aryl methyl sites for hydroxylation is 1. The van der Waals surface area contributed by atoms with E-state index in [1.165, 1.54) is 5.01 Å². The van der Waals surface area contributed by atoms with Crippen LogP contribution in [0.3, 0.4) is 0 Å². The molecule has 3 rings (SSSR count). The van der Waals surface area contributed by atoms with Crippen LogP contribution in [0.5, 0.6) is 0 Å². The average Bonchev–Trinajstić information content (AvgIpc) is 2.89. The lowest BCUT2D eigenvalue weighted by Gasteiger charge is -2.45. The molecule has 5 nitrogen and oxygen atoms in total. The van der Waals surface area contributed by atoms with Gasteiger partial charge in [-0.15, -0.1) is 10.2 Å². The van der Waals surface area contributed by atoms with E-state index in [1.807, 2.05) is 11.4 Å². The summed E-state index contributed by atoms with van der Waals surface area (Å²) in [5.41, 5.74) is 6.40. The second-order valence-electron chi connectivity index (χ2n) is 6.29. The first-order chi connectivity index (χ1) is 8.91. The summed E-state index contributed by atoms with van der Waals surface area (Å²) in [5.74, 6) is 1.82. The fourth-order valence-corrected chi connectivity index (χ4v) is 4.38. The molecule has 2 N–H and O–H groups in total. The highest BCUT2D eigenvalue weighted by Crippen LogP contribution is 2.50. The van der Waals surface area contributed by atoms with E-state index in [2.05, 4.69) is 31.0 Å². The number of nitrogens with two attached hydrogens (primary N) is 1. The molecule has 1 aliphatic rings. The topological polar surface area (TPSA) is 69.1 Å². The van der Waals surface area contributed by atoms with Crippen LogP contribution in [0.15, 0.2) is 0 Å². The minimum Gasteiger partial charge on any atom is -0.327 e. The van der Waals surface area contributed by atoms with E-state index in [0.29, 0.717) is 17.9 Å². The van der Waals surface area contributed by atoms with Crippen molar-refractivity contribution < 1.29 is 0 Å². The van der Waals surface area contributed by atoms with Gasteiger partial charge in [0.2, 0.25) is 4.96 Å². The van der Waals surface area contributed by atoms with E-state index in [4.69, 9.17) is 10.8 Å². The monoisotopic (exact) mass is 279 g/mol. The molecular weight excluding hydrogens is 258 g/mol. The molecule has 3 atom stereocenters. The first kappa shape index (κ1) is 13.0. The van der Waals surface area contributed by atoms with Gasteiger partial charge in [-0.3, -0.25) is 0 Å². The molecule has 1 aliphatic carbocycles. The molecule has 0 radical (unpaired) electrons. The Morgan fingerprint density at radius 1 is 1.32 bits per heavy atom. The maximum absolute atomic E-state index is 6.23. The first-order valence-electron chi connectivity index (χ1n) is 6.85. The molecule has 2 heterocycles. The fraction of sp³-hybridized carbons (Fsp3) is 0.769. The predicted octanol–water partition coefficient (Wildman–Crippen LogP) is 2.36. The van der Waals surface area contributed by atoms with Gasteiger partial charge < -0.3 is 5.73 Å². The van der Waals surface area contributed by atoms with Gasteiger partial charge in [0, 0.05) is 12.0 Å². The summed E-state index contributed by atoms with van der Waals surface area (Å²) in [5, 5.41) is 14.1. The largest absolute Gasteiger partial charge is 0.327 e. The van der Waals surface area contributed by atoms with Gasteiger partial charge in [-0.25, -0.2) is 0 Å². The summed E-state index contributed by atoms with van der Waals surface area (Å²) in [6.07, 6.45) is 2.19. The van der Waals surface area contributed by atoms with E-state index in [0.717, 1.165) is 23.6 Å². The van der Waals surface area contributed by atoms with Crippen LogP contribution in [0.25, 0.3) is 4.96 Å². The maximum atomic E-state index is 6.23. The van der Waals surface area contributed by atoms with Crippen LogP contribution in [0.2, 0.25) is 0 Å². The third kappa shape index (κ3) is 1.89. The Kier molecular flexibility index (Phi) is 2.90. The van der Waals surface area contributed by atoms with Gasteiger partial charge in [0.1, 0.15) is 5.01 Å². The minimum atomic E-state index is 0.175.